The number of nitrogens with two attached hydrogens (primary N) is 1. The van der Waals surface area contributed by atoms with Crippen LogP contribution in [-0.2, 0) is 0 Å². The number of hydrogen-bond acceptors (Lipinski definition) is 4. The Kier molecular flexibility index (Phi) is 3.37. The van der Waals surface area contributed by atoms with E-state index >= 15 is 0 Å². The van der Waals surface area contributed by atoms with Gasteiger partial charge >= 0.3 is 0 Å². The molecule has 1 atom stereocenters. The SMILES string of the molecule is NCC1(C(O)c2ccc3c(c2)OCCCO3)CCC1. The molecule has 2 aliphatic rings. The van der Waals surface area contributed by atoms with Gasteiger partial charge in [-0.2, -0.15) is 0 Å². The van der Waals surface area contributed by atoms with Gasteiger partial charge in [0, 0.05) is 18.4 Å². The van der Waals surface area contributed by atoms with Gasteiger partial charge in [-0.1, -0.05) is 12.5 Å². The number of fused-ring (bicyclic) bond motifs is 1. The molecule has 1 unspecified atom stereocenters. The Morgan fingerprint density at radius 2 is 1.89 bits per heavy atom. The Balaban J connectivity index is 1.87. The number of aliphatic hydroxyl groups excluding tert-OH is 1. The molecule has 4 heteroatoms. The molecule has 1 aliphatic carbocycles. The molecule has 0 saturated heterocycles. The second-order valence-electron chi connectivity index (χ2n) is 5.58. The highest BCUT2D eigenvalue weighted by Crippen LogP contribution is 2.50. The van der Waals surface area contributed by atoms with Gasteiger partial charge in [0.15, 0.2) is 11.5 Å². The average Bonchev–Trinajstić information content (AvgIpc) is 2.62. The molecule has 19 heavy (non-hydrogen) atoms. The molecule has 3 N–H and O–H groups in total. The van der Waals surface area contributed by atoms with Crippen molar-refractivity contribution in [2.75, 3.05) is 19.8 Å². The summed E-state index contributed by atoms with van der Waals surface area (Å²) in [6, 6.07) is 5.72. The predicted octanol–water partition coefficient (Wildman–Crippen LogP) is 2.01. The quantitative estimate of drug-likeness (QED) is 0.875. The third-order valence-electron chi connectivity index (χ3n) is 4.42. The lowest BCUT2D eigenvalue weighted by Crippen LogP contribution is -2.42. The molecular formula is C15H21NO3. The van der Waals surface area contributed by atoms with Gasteiger partial charge in [-0.3, -0.25) is 0 Å². The summed E-state index contributed by atoms with van der Waals surface area (Å²) in [5, 5.41) is 10.6. The minimum atomic E-state index is -0.511. The molecular weight excluding hydrogens is 242 g/mol. The van der Waals surface area contributed by atoms with Gasteiger partial charge in [0.1, 0.15) is 0 Å². The van der Waals surface area contributed by atoms with Crippen molar-refractivity contribution < 1.29 is 14.6 Å². The Morgan fingerprint density at radius 1 is 1.16 bits per heavy atom. The Morgan fingerprint density at radius 3 is 2.53 bits per heavy atom. The number of ether oxygens (including phenoxy) is 2. The van der Waals surface area contributed by atoms with Crippen molar-refractivity contribution in [3.8, 4) is 11.5 Å². The molecule has 3 rings (SSSR count). The summed E-state index contributed by atoms with van der Waals surface area (Å²) < 4.78 is 11.3. The van der Waals surface area contributed by atoms with Crippen LogP contribution in [0.2, 0.25) is 0 Å². The van der Waals surface area contributed by atoms with Crippen LogP contribution in [0.4, 0.5) is 0 Å². The van der Waals surface area contributed by atoms with Gasteiger partial charge in [-0.05, 0) is 30.5 Å². The first kappa shape index (κ1) is 12.8. The van der Waals surface area contributed by atoms with E-state index in [2.05, 4.69) is 0 Å². The van der Waals surface area contributed by atoms with Crippen molar-refractivity contribution in [1.29, 1.82) is 0 Å². The Labute approximate surface area is 113 Å². The van der Waals surface area contributed by atoms with E-state index in [1.807, 2.05) is 18.2 Å². The molecule has 1 aliphatic heterocycles. The van der Waals surface area contributed by atoms with Crippen molar-refractivity contribution in [3.05, 3.63) is 23.8 Å². The first-order valence-electron chi connectivity index (χ1n) is 7.03. The lowest BCUT2D eigenvalue weighted by atomic mass is 9.63. The van der Waals surface area contributed by atoms with Crippen molar-refractivity contribution in [1.82, 2.24) is 0 Å². The van der Waals surface area contributed by atoms with E-state index < -0.39 is 6.10 Å². The molecule has 1 heterocycles. The summed E-state index contributed by atoms with van der Waals surface area (Å²) in [6.07, 6.45) is 3.53. The van der Waals surface area contributed by atoms with Gasteiger partial charge in [0.2, 0.25) is 0 Å². The van der Waals surface area contributed by atoms with Crippen molar-refractivity contribution in [2.45, 2.75) is 31.8 Å². The number of hydrogen-bond donors (Lipinski definition) is 2. The van der Waals surface area contributed by atoms with Crippen LogP contribution in [-0.4, -0.2) is 24.9 Å². The summed E-state index contributed by atoms with van der Waals surface area (Å²) in [4.78, 5) is 0. The van der Waals surface area contributed by atoms with Gasteiger partial charge in [-0.25, -0.2) is 0 Å². The molecule has 0 radical (unpaired) electrons. The maximum Gasteiger partial charge on any atom is 0.161 e. The summed E-state index contributed by atoms with van der Waals surface area (Å²) >= 11 is 0. The predicted molar refractivity (Wildman–Crippen MR) is 72.3 cm³/mol. The Bertz CT molecular complexity index is 451. The maximum atomic E-state index is 10.6. The number of aliphatic hydroxyl groups is 1. The molecule has 0 spiro atoms. The summed E-state index contributed by atoms with van der Waals surface area (Å²) in [7, 11) is 0. The average molecular weight is 263 g/mol. The molecule has 0 aromatic heterocycles. The topological polar surface area (TPSA) is 64.7 Å². The van der Waals surface area contributed by atoms with E-state index in [1.165, 1.54) is 0 Å². The zero-order valence-electron chi connectivity index (χ0n) is 11.1. The molecule has 0 bridgehead atoms. The van der Waals surface area contributed by atoms with E-state index in [0.29, 0.717) is 19.8 Å². The highest BCUT2D eigenvalue weighted by atomic mass is 16.5. The third-order valence-corrected chi connectivity index (χ3v) is 4.42. The lowest BCUT2D eigenvalue weighted by molar-refractivity contribution is -0.0298. The Hall–Kier alpha value is -1.26. The van der Waals surface area contributed by atoms with Crippen molar-refractivity contribution in [2.24, 2.45) is 11.1 Å². The second kappa shape index (κ2) is 5.02. The van der Waals surface area contributed by atoms with Crippen LogP contribution in [0.15, 0.2) is 18.2 Å². The number of rotatable bonds is 3. The van der Waals surface area contributed by atoms with Crippen LogP contribution >= 0.6 is 0 Å². The molecule has 1 saturated carbocycles. The van der Waals surface area contributed by atoms with E-state index in [0.717, 1.165) is 42.7 Å². The first-order valence-corrected chi connectivity index (χ1v) is 7.03. The van der Waals surface area contributed by atoms with Crippen LogP contribution in [0.1, 0.15) is 37.4 Å². The highest BCUT2D eigenvalue weighted by molar-refractivity contribution is 5.44. The molecule has 1 aromatic rings. The first-order chi connectivity index (χ1) is 9.25. The van der Waals surface area contributed by atoms with Crippen molar-refractivity contribution in [3.63, 3.8) is 0 Å². The summed E-state index contributed by atoms with van der Waals surface area (Å²) in [5.74, 6) is 1.50. The molecule has 1 fully saturated rings. The molecule has 4 nitrogen and oxygen atoms in total. The van der Waals surface area contributed by atoms with Crippen LogP contribution in [0, 0.1) is 5.41 Å². The minimum Gasteiger partial charge on any atom is -0.490 e. The monoisotopic (exact) mass is 263 g/mol. The smallest absolute Gasteiger partial charge is 0.161 e. The van der Waals surface area contributed by atoms with E-state index in [1.54, 1.807) is 0 Å². The molecule has 104 valence electrons. The van der Waals surface area contributed by atoms with Gasteiger partial charge in [0.05, 0.1) is 19.3 Å². The van der Waals surface area contributed by atoms with Crippen LogP contribution in [0.5, 0.6) is 11.5 Å². The van der Waals surface area contributed by atoms with Gasteiger partial charge in [0.25, 0.3) is 0 Å². The fraction of sp³-hybridized carbons (Fsp3) is 0.600. The minimum absolute atomic E-state index is 0.139. The van der Waals surface area contributed by atoms with E-state index in [9.17, 15) is 5.11 Å². The number of benzene rings is 1. The van der Waals surface area contributed by atoms with Crippen molar-refractivity contribution >= 4 is 0 Å². The third kappa shape index (κ3) is 2.19. The lowest BCUT2D eigenvalue weighted by Gasteiger charge is -2.45. The van der Waals surface area contributed by atoms with Gasteiger partial charge < -0.3 is 20.3 Å². The maximum absolute atomic E-state index is 10.6. The van der Waals surface area contributed by atoms with E-state index in [-0.39, 0.29) is 5.41 Å². The van der Waals surface area contributed by atoms with Crippen LogP contribution < -0.4 is 15.2 Å². The summed E-state index contributed by atoms with van der Waals surface area (Å²) in [6.45, 7) is 1.87. The normalized spacial score (nSPS) is 22.2. The standard InChI is InChI=1S/C15H21NO3/c16-10-15(5-1-6-15)14(17)11-3-4-12-13(9-11)19-8-2-7-18-12/h3-4,9,14,17H,1-2,5-8,10,16H2. The molecule has 1 aromatic carbocycles. The van der Waals surface area contributed by atoms with E-state index in [4.69, 9.17) is 15.2 Å². The largest absolute Gasteiger partial charge is 0.490 e. The van der Waals surface area contributed by atoms with Gasteiger partial charge in [-0.15, -0.1) is 0 Å². The highest BCUT2D eigenvalue weighted by Gasteiger charge is 2.43. The fourth-order valence-corrected chi connectivity index (χ4v) is 2.92. The van der Waals surface area contributed by atoms with Crippen LogP contribution in [0.25, 0.3) is 0 Å². The zero-order chi connectivity index (χ0) is 13.3. The van der Waals surface area contributed by atoms with Crippen LogP contribution in [0.3, 0.4) is 0 Å². The second-order valence-corrected chi connectivity index (χ2v) is 5.58. The fourth-order valence-electron chi connectivity index (χ4n) is 2.92. The molecule has 0 amide bonds. The zero-order valence-corrected chi connectivity index (χ0v) is 11.1. The summed E-state index contributed by atoms with van der Waals surface area (Å²) in [5.41, 5.74) is 6.60.